The normalized spacial score (nSPS) is 15.6. The number of nitrogens with zero attached hydrogens (tertiary/aromatic N) is 3. The van der Waals surface area contributed by atoms with Crippen LogP contribution in [0.4, 0.5) is 5.69 Å². The van der Waals surface area contributed by atoms with E-state index in [0.29, 0.717) is 12.6 Å². The Morgan fingerprint density at radius 1 is 1.28 bits per heavy atom. The van der Waals surface area contributed by atoms with Gasteiger partial charge < -0.3 is 10.0 Å². The zero-order valence-electron chi connectivity index (χ0n) is 10.3. The highest BCUT2D eigenvalue weighted by atomic mass is 16.3. The maximum absolute atomic E-state index is 9.26. The van der Waals surface area contributed by atoms with Crippen molar-refractivity contribution < 1.29 is 5.11 Å². The van der Waals surface area contributed by atoms with Gasteiger partial charge in [-0.25, -0.2) is 0 Å². The fourth-order valence-electron chi connectivity index (χ4n) is 2.53. The van der Waals surface area contributed by atoms with Gasteiger partial charge in [0.25, 0.3) is 0 Å². The fraction of sp³-hybridized carbons (Fsp3) is 0.429. The second-order valence-corrected chi connectivity index (χ2v) is 4.75. The van der Waals surface area contributed by atoms with Crippen LogP contribution < -0.4 is 4.90 Å². The molecule has 1 aliphatic carbocycles. The van der Waals surface area contributed by atoms with Crippen molar-refractivity contribution in [1.82, 2.24) is 10.2 Å². The lowest BCUT2D eigenvalue weighted by molar-refractivity contribution is 0.284. The smallest absolute Gasteiger partial charge is 0.0950 e. The van der Waals surface area contributed by atoms with Crippen LogP contribution in [-0.2, 0) is 0 Å². The molecule has 0 unspecified atom stereocenters. The van der Waals surface area contributed by atoms with Crippen molar-refractivity contribution in [2.45, 2.75) is 25.3 Å². The van der Waals surface area contributed by atoms with E-state index >= 15 is 0 Å². The lowest BCUT2D eigenvalue weighted by atomic mass is 9.91. The van der Waals surface area contributed by atoms with Crippen LogP contribution in [0, 0.1) is 0 Å². The lowest BCUT2D eigenvalue weighted by Gasteiger charge is -2.39. The van der Waals surface area contributed by atoms with Crippen LogP contribution in [0.5, 0.6) is 0 Å². The number of hydrogen-bond acceptors (Lipinski definition) is 4. The molecule has 3 rings (SSSR count). The number of rotatable bonds is 4. The van der Waals surface area contributed by atoms with E-state index in [-0.39, 0.29) is 6.61 Å². The summed E-state index contributed by atoms with van der Waals surface area (Å²) in [5.41, 5.74) is 2.01. The molecule has 0 radical (unpaired) electrons. The third-order valence-corrected chi connectivity index (χ3v) is 3.69. The summed E-state index contributed by atoms with van der Waals surface area (Å²) in [7, 11) is 0. The summed E-state index contributed by atoms with van der Waals surface area (Å²) < 4.78 is 0. The molecule has 1 saturated carbocycles. The number of benzene rings is 1. The molecule has 1 heterocycles. The van der Waals surface area contributed by atoms with Crippen LogP contribution in [0.2, 0.25) is 0 Å². The average Bonchev–Trinajstić information content (AvgIpc) is 2.35. The minimum absolute atomic E-state index is 0.174. The summed E-state index contributed by atoms with van der Waals surface area (Å²) >= 11 is 0. The maximum Gasteiger partial charge on any atom is 0.0950 e. The van der Waals surface area contributed by atoms with Crippen LogP contribution in [0.15, 0.2) is 30.5 Å². The van der Waals surface area contributed by atoms with Gasteiger partial charge >= 0.3 is 0 Å². The van der Waals surface area contributed by atoms with Gasteiger partial charge in [0, 0.05) is 18.0 Å². The Morgan fingerprint density at radius 2 is 2.11 bits per heavy atom. The molecule has 0 bridgehead atoms. The van der Waals surface area contributed by atoms with Crippen LogP contribution in [0.25, 0.3) is 10.9 Å². The van der Waals surface area contributed by atoms with Crippen molar-refractivity contribution in [3.8, 4) is 0 Å². The summed E-state index contributed by atoms with van der Waals surface area (Å²) in [6.45, 7) is 0.841. The number of aliphatic hydroxyl groups excluding tert-OH is 1. The summed E-state index contributed by atoms with van der Waals surface area (Å²) in [5.74, 6) is 0. The second kappa shape index (κ2) is 4.90. The van der Waals surface area contributed by atoms with Crippen LogP contribution in [0.3, 0.4) is 0 Å². The Hall–Kier alpha value is -1.68. The van der Waals surface area contributed by atoms with Crippen LogP contribution in [-0.4, -0.2) is 34.5 Å². The van der Waals surface area contributed by atoms with E-state index in [1.807, 2.05) is 24.4 Å². The Morgan fingerprint density at radius 3 is 2.83 bits per heavy atom. The van der Waals surface area contributed by atoms with E-state index in [1.54, 1.807) is 0 Å². The van der Waals surface area contributed by atoms with Gasteiger partial charge in [0.1, 0.15) is 0 Å². The fourth-order valence-corrected chi connectivity index (χ4v) is 2.53. The highest BCUT2D eigenvalue weighted by molar-refractivity contribution is 5.90. The molecule has 1 fully saturated rings. The first-order chi connectivity index (χ1) is 8.90. The van der Waals surface area contributed by atoms with Crippen LogP contribution in [0.1, 0.15) is 19.3 Å². The van der Waals surface area contributed by atoms with Crippen molar-refractivity contribution >= 4 is 16.6 Å². The molecular weight excluding hydrogens is 226 g/mol. The molecule has 1 aromatic heterocycles. The minimum atomic E-state index is 0.174. The topological polar surface area (TPSA) is 49.2 Å². The summed E-state index contributed by atoms with van der Waals surface area (Å²) in [5, 5.41) is 18.6. The molecule has 1 N–H and O–H groups in total. The van der Waals surface area contributed by atoms with E-state index in [0.717, 1.165) is 16.6 Å². The predicted octanol–water partition coefficient (Wildman–Crippen LogP) is 1.98. The molecule has 94 valence electrons. The largest absolute Gasteiger partial charge is 0.395 e. The Balaban J connectivity index is 2.04. The number of aromatic nitrogens is 2. The molecule has 18 heavy (non-hydrogen) atoms. The van der Waals surface area contributed by atoms with E-state index in [9.17, 15) is 5.11 Å². The van der Waals surface area contributed by atoms with E-state index in [4.69, 9.17) is 0 Å². The molecule has 0 amide bonds. The summed E-state index contributed by atoms with van der Waals surface area (Å²) in [4.78, 5) is 2.28. The van der Waals surface area contributed by atoms with Gasteiger partial charge in [-0.05, 0) is 25.3 Å². The third kappa shape index (κ3) is 1.93. The zero-order chi connectivity index (χ0) is 12.4. The van der Waals surface area contributed by atoms with Gasteiger partial charge in [-0.2, -0.15) is 10.2 Å². The van der Waals surface area contributed by atoms with E-state index in [2.05, 4.69) is 21.2 Å². The highest BCUT2D eigenvalue weighted by Crippen LogP contribution is 2.32. The Bertz CT molecular complexity index is 534. The van der Waals surface area contributed by atoms with Crippen molar-refractivity contribution in [2.75, 3.05) is 18.1 Å². The second-order valence-electron chi connectivity index (χ2n) is 4.75. The van der Waals surface area contributed by atoms with Crippen molar-refractivity contribution in [3.05, 3.63) is 30.5 Å². The maximum atomic E-state index is 9.26. The summed E-state index contributed by atoms with van der Waals surface area (Å²) in [6, 6.07) is 8.59. The van der Waals surface area contributed by atoms with Crippen molar-refractivity contribution in [2.24, 2.45) is 0 Å². The van der Waals surface area contributed by atoms with Gasteiger partial charge in [0.05, 0.1) is 24.0 Å². The number of aliphatic hydroxyl groups is 1. The molecule has 1 aliphatic rings. The lowest BCUT2D eigenvalue weighted by Crippen LogP contribution is -2.42. The molecule has 2 aromatic rings. The molecule has 4 nitrogen and oxygen atoms in total. The minimum Gasteiger partial charge on any atom is -0.395 e. The van der Waals surface area contributed by atoms with Gasteiger partial charge in [0.2, 0.25) is 0 Å². The standard InChI is InChI=1S/C14H17N3O/c18-9-8-17(11-4-3-5-11)14-10-15-16-13-7-2-1-6-12(13)14/h1-2,6-7,10-11,18H,3-5,8-9H2. The first-order valence-corrected chi connectivity index (χ1v) is 6.48. The first kappa shape index (κ1) is 11.4. The molecule has 0 saturated heterocycles. The van der Waals surface area contributed by atoms with Gasteiger partial charge in [0.15, 0.2) is 0 Å². The number of anilines is 1. The number of hydrogen-bond donors (Lipinski definition) is 1. The predicted molar refractivity (Wildman–Crippen MR) is 71.6 cm³/mol. The summed E-state index contributed by atoms with van der Waals surface area (Å²) in [6.07, 6.45) is 5.51. The van der Waals surface area contributed by atoms with Gasteiger partial charge in [-0.3, -0.25) is 0 Å². The molecule has 4 heteroatoms. The van der Waals surface area contributed by atoms with E-state index < -0.39 is 0 Å². The van der Waals surface area contributed by atoms with Crippen LogP contribution >= 0.6 is 0 Å². The number of fused-ring (bicyclic) bond motifs is 1. The van der Waals surface area contributed by atoms with Gasteiger partial charge in [-0.15, -0.1) is 0 Å². The van der Waals surface area contributed by atoms with Crippen molar-refractivity contribution in [1.29, 1.82) is 0 Å². The third-order valence-electron chi connectivity index (χ3n) is 3.69. The Kier molecular flexibility index (Phi) is 3.11. The highest BCUT2D eigenvalue weighted by Gasteiger charge is 2.26. The monoisotopic (exact) mass is 243 g/mol. The van der Waals surface area contributed by atoms with Gasteiger partial charge in [-0.1, -0.05) is 18.2 Å². The molecule has 1 aromatic carbocycles. The molecule has 0 spiro atoms. The molecule has 0 aliphatic heterocycles. The van der Waals surface area contributed by atoms with Crippen molar-refractivity contribution in [3.63, 3.8) is 0 Å². The van der Waals surface area contributed by atoms with E-state index in [1.165, 1.54) is 19.3 Å². The quantitative estimate of drug-likeness (QED) is 0.892. The SMILES string of the molecule is OCCN(c1cnnc2ccccc12)C1CCC1. The molecular formula is C14H17N3O. The average molecular weight is 243 g/mol. The first-order valence-electron chi connectivity index (χ1n) is 6.48. The zero-order valence-corrected chi connectivity index (χ0v) is 10.3. The molecule has 0 atom stereocenters. The Labute approximate surface area is 106 Å².